The fourth-order valence-corrected chi connectivity index (χ4v) is 7.70. The van der Waals surface area contributed by atoms with E-state index in [1.54, 1.807) is 0 Å². The number of para-hydroxylation sites is 2. The van der Waals surface area contributed by atoms with Crippen molar-refractivity contribution in [3.63, 3.8) is 0 Å². The zero-order chi connectivity index (χ0) is 31.6. The standard InChI is InChI=1S/C46H30N2/c1-4-14-31(15-5-1)34-26-35(32-16-6-2-7-17-32)28-37(27-34)47-43-23-13-12-22-39(43)41-29-45-42(30-44(41)47)40-25-24-33-18-10-11-21-38(33)46(40)48(45)36-19-8-3-9-20-36/h1-30H. The summed E-state index contributed by atoms with van der Waals surface area (Å²) in [7, 11) is 0. The molecule has 0 amide bonds. The second kappa shape index (κ2) is 10.6. The highest BCUT2D eigenvalue weighted by atomic mass is 15.0. The summed E-state index contributed by atoms with van der Waals surface area (Å²) in [5.74, 6) is 0. The number of aromatic nitrogens is 2. The molecule has 0 bridgehead atoms. The summed E-state index contributed by atoms with van der Waals surface area (Å²) in [6.07, 6.45) is 0. The Kier molecular flexibility index (Phi) is 5.91. The van der Waals surface area contributed by atoms with E-state index in [4.69, 9.17) is 0 Å². The first kappa shape index (κ1) is 26.8. The normalized spacial score (nSPS) is 11.8. The van der Waals surface area contributed by atoms with Gasteiger partial charge in [0.1, 0.15) is 0 Å². The Morgan fingerprint density at radius 1 is 0.271 bits per heavy atom. The quantitative estimate of drug-likeness (QED) is 0.188. The third kappa shape index (κ3) is 4.06. The third-order valence-corrected chi connectivity index (χ3v) is 9.85. The van der Waals surface area contributed by atoms with Crippen molar-refractivity contribution in [2.75, 3.05) is 0 Å². The molecular formula is C46H30N2. The van der Waals surface area contributed by atoms with E-state index in [9.17, 15) is 0 Å². The minimum atomic E-state index is 1.15. The van der Waals surface area contributed by atoms with Crippen molar-refractivity contribution in [2.24, 2.45) is 0 Å². The van der Waals surface area contributed by atoms with Crippen LogP contribution in [0, 0.1) is 0 Å². The van der Waals surface area contributed by atoms with Crippen LogP contribution in [0.3, 0.4) is 0 Å². The van der Waals surface area contributed by atoms with Crippen LogP contribution in [0.25, 0.3) is 88.0 Å². The predicted octanol–water partition coefficient (Wildman–Crippen LogP) is 12.4. The number of hydrogen-bond donors (Lipinski definition) is 0. The van der Waals surface area contributed by atoms with E-state index in [-0.39, 0.29) is 0 Å². The van der Waals surface area contributed by atoms with Gasteiger partial charge in [0.05, 0.1) is 22.1 Å². The van der Waals surface area contributed by atoms with Crippen LogP contribution in [0.15, 0.2) is 182 Å². The maximum absolute atomic E-state index is 2.47. The van der Waals surface area contributed by atoms with Crippen molar-refractivity contribution < 1.29 is 0 Å². The summed E-state index contributed by atoms with van der Waals surface area (Å²) in [4.78, 5) is 0. The minimum Gasteiger partial charge on any atom is -0.309 e. The molecule has 2 nitrogen and oxygen atoms in total. The Morgan fingerprint density at radius 2 is 0.812 bits per heavy atom. The van der Waals surface area contributed by atoms with E-state index in [2.05, 4.69) is 191 Å². The Balaban J connectivity index is 1.35. The first-order valence-corrected chi connectivity index (χ1v) is 16.5. The summed E-state index contributed by atoms with van der Waals surface area (Å²) in [6.45, 7) is 0. The fraction of sp³-hybridized carbons (Fsp3) is 0. The van der Waals surface area contributed by atoms with Crippen LogP contribution in [0.5, 0.6) is 0 Å². The van der Waals surface area contributed by atoms with Gasteiger partial charge in [-0.15, -0.1) is 0 Å². The second-order valence-electron chi connectivity index (χ2n) is 12.6. The summed E-state index contributed by atoms with van der Waals surface area (Å²) >= 11 is 0. The van der Waals surface area contributed by atoms with E-state index in [1.165, 1.54) is 82.3 Å². The molecule has 8 aromatic carbocycles. The van der Waals surface area contributed by atoms with Crippen molar-refractivity contribution in [1.82, 2.24) is 9.13 Å². The first-order chi connectivity index (χ1) is 23.8. The van der Waals surface area contributed by atoms with Gasteiger partial charge in [0.25, 0.3) is 0 Å². The van der Waals surface area contributed by atoms with E-state index < -0.39 is 0 Å². The molecule has 10 rings (SSSR count). The number of fused-ring (bicyclic) bond motifs is 8. The molecule has 0 saturated carbocycles. The maximum Gasteiger partial charge on any atom is 0.0619 e. The largest absolute Gasteiger partial charge is 0.309 e. The van der Waals surface area contributed by atoms with Crippen LogP contribution in [0.4, 0.5) is 0 Å². The lowest BCUT2D eigenvalue weighted by Gasteiger charge is -2.14. The van der Waals surface area contributed by atoms with Crippen LogP contribution in [0.2, 0.25) is 0 Å². The lowest BCUT2D eigenvalue weighted by atomic mass is 9.98. The Bertz CT molecular complexity index is 2750. The van der Waals surface area contributed by atoms with Gasteiger partial charge in [-0.25, -0.2) is 0 Å². The molecule has 0 aliphatic rings. The summed E-state index contributed by atoms with van der Waals surface area (Å²) in [5, 5.41) is 7.50. The van der Waals surface area contributed by atoms with Crippen molar-refractivity contribution in [1.29, 1.82) is 0 Å². The highest BCUT2D eigenvalue weighted by Gasteiger charge is 2.20. The van der Waals surface area contributed by atoms with E-state index in [0.29, 0.717) is 0 Å². The zero-order valence-corrected chi connectivity index (χ0v) is 26.2. The van der Waals surface area contributed by atoms with E-state index >= 15 is 0 Å². The smallest absolute Gasteiger partial charge is 0.0619 e. The van der Waals surface area contributed by atoms with Gasteiger partial charge in [0.15, 0.2) is 0 Å². The van der Waals surface area contributed by atoms with Crippen molar-refractivity contribution in [3.05, 3.63) is 182 Å². The molecule has 0 N–H and O–H groups in total. The molecule has 0 unspecified atom stereocenters. The Morgan fingerprint density at radius 3 is 1.50 bits per heavy atom. The molecule has 2 heterocycles. The van der Waals surface area contributed by atoms with Crippen LogP contribution in [-0.2, 0) is 0 Å². The first-order valence-electron chi connectivity index (χ1n) is 16.5. The van der Waals surface area contributed by atoms with Gasteiger partial charge in [0.2, 0.25) is 0 Å². The molecule has 2 aromatic heterocycles. The van der Waals surface area contributed by atoms with Crippen molar-refractivity contribution >= 4 is 54.4 Å². The molecule has 0 fully saturated rings. The third-order valence-electron chi connectivity index (χ3n) is 9.85. The summed E-state index contributed by atoms with van der Waals surface area (Å²) < 4.78 is 4.93. The van der Waals surface area contributed by atoms with Crippen LogP contribution in [0.1, 0.15) is 0 Å². The van der Waals surface area contributed by atoms with Crippen LogP contribution < -0.4 is 0 Å². The monoisotopic (exact) mass is 610 g/mol. The molecule has 10 aromatic rings. The highest BCUT2D eigenvalue weighted by molar-refractivity contribution is 6.23. The maximum atomic E-state index is 2.47. The van der Waals surface area contributed by atoms with Gasteiger partial charge in [-0.2, -0.15) is 0 Å². The summed E-state index contributed by atoms with van der Waals surface area (Å²) in [5.41, 5.74) is 12.0. The molecule has 0 spiro atoms. The highest BCUT2D eigenvalue weighted by Crippen LogP contribution is 2.42. The molecule has 2 heteroatoms. The minimum absolute atomic E-state index is 1.15. The predicted molar refractivity (Wildman–Crippen MR) is 203 cm³/mol. The number of benzene rings is 8. The number of rotatable bonds is 4. The average molecular weight is 611 g/mol. The fourth-order valence-electron chi connectivity index (χ4n) is 7.70. The number of nitrogens with zero attached hydrogens (tertiary/aromatic N) is 2. The van der Waals surface area contributed by atoms with Gasteiger partial charge in [-0.3, -0.25) is 0 Å². The molecule has 0 atom stereocenters. The van der Waals surface area contributed by atoms with Gasteiger partial charge in [-0.05, 0) is 76.2 Å². The number of hydrogen-bond acceptors (Lipinski definition) is 0. The zero-order valence-electron chi connectivity index (χ0n) is 26.2. The Labute approximate surface area is 278 Å². The van der Waals surface area contributed by atoms with Crippen molar-refractivity contribution in [2.45, 2.75) is 0 Å². The van der Waals surface area contributed by atoms with Gasteiger partial charge < -0.3 is 9.13 Å². The summed E-state index contributed by atoms with van der Waals surface area (Å²) in [6, 6.07) is 66.2. The topological polar surface area (TPSA) is 9.86 Å². The molecular weight excluding hydrogens is 581 g/mol. The van der Waals surface area contributed by atoms with E-state index in [1.807, 2.05) is 0 Å². The van der Waals surface area contributed by atoms with Crippen LogP contribution >= 0.6 is 0 Å². The molecule has 0 aliphatic heterocycles. The molecule has 0 aliphatic carbocycles. The van der Waals surface area contributed by atoms with Crippen LogP contribution in [-0.4, -0.2) is 9.13 Å². The molecule has 0 radical (unpaired) electrons. The average Bonchev–Trinajstić information content (AvgIpc) is 3.67. The van der Waals surface area contributed by atoms with Gasteiger partial charge in [-0.1, -0.05) is 133 Å². The van der Waals surface area contributed by atoms with Gasteiger partial charge in [0, 0.05) is 38.3 Å². The molecule has 224 valence electrons. The van der Waals surface area contributed by atoms with E-state index in [0.717, 1.165) is 5.69 Å². The molecule has 48 heavy (non-hydrogen) atoms. The lowest BCUT2D eigenvalue weighted by Crippen LogP contribution is -1.96. The lowest BCUT2D eigenvalue weighted by molar-refractivity contribution is 1.18. The molecule has 0 saturated heterocycles. The van der Waals surface area contributed by atoms with Gasteiger partial charge >= 0.3 is 0 Å². The SMILES string of the molecule is c1ccc(-c2cc(-c3ccccc3)cc(-n3c4ccccc4c4cc5c(cc43)c3ccc4ccccc4c3n5-c3ccccc3)c2)cc1. The Hall–Kier alpha value is -6.38. The second-order valence-corrected chi connectivity index (χ2v) is 12.6. The van der Waals surface area contributed by atoms with Crippen molar-refractivity contribution in [3.8, 4) is 33.6 Å².